The van der Waals surface area contributed by atoms with Gasteiger partial charge in [-0.15, -0.1) is 0 Å². The summed E-state index contributed by atoms with van der Waals surface area (Å²) in [5, 5.41) is 10.6. The molecule has 0 rings (SSSR count). The van der Waals surface area contributed by atoms with Crippen LogP contribution in [0.4, 0.5) is 0 Å². The van der Waals surface area contributed by atoms with Crippen molar-refractivity contribution < 1.29 is 80.2 Å². The Morgan fingerprint density at radius 1 is 0.301 bits per heavy atom. The number of unbranched alkanes of at least 4 members (excludes halogenated alkanes) is 36. The number of ether oxygens (including phenoxy) is 4. The molecular formula is C74H144O17P2. The number of aliphatic hydroxyl groups excluding tert-OH is 1. The molecule has 0 radical (unpaired) electrons. The highest BCUT2D eigenvalue weighted by atomic mass is 31.2. The Labute approximate surface area is 568 Å². The lowest BCUT2D eigenvalue weighted by molar-refractivity contribution is -0.161. The zero-order chi connectivity index (χ0) is 68.9. The Morgan fingerprint density at radius 2 is 0.516 bits per heavy atom. The maximum absolute atomic E-state index is 13.0. The Balaban J connectivity index is 5.18. The predicted octanol–water partition coefficient (Wildman–Crippen LogP) is 21.3. The van der Waals surface area contributed by atoms with Crippen molar-refractivity contribution in [2.75, 3.05) is 39.6 Å². The van der Waals surface area contributed by atoms with Crippen LogP contribution >= 0.6 is 15.6 Å². The zero-order valence-electron chi connectivity index (χ0n) is 60.9. The number of hydrogen-bond acceptors (Lipinski definition) is 15. The van der Waals surface area contributed by atoms with Crippen LogP contribution in [-0.4, -0.2) is 96.7 Å². The van der Waals surface area contributed by atoms with Gasteiger partial charge < -0.3 is 33.8 Å². The van der Waals surface area contributed by atoms with Crippen molar-refractivity contribution in [2.24, 2.45) is 23.7 Å². The summed E-state index contributed by atoms with van der Waals surface area (Å²) >= 11 is 0. The van der Waals surface area contributed by atoms with Crippen LogP contribution in [0, 0.1) is 23.7 Å². The maximum Gasteiger partial charge on any atom is 0.472 e. The van der Waals surface area contributed by atoms with E-state index in [-0.39, 0.29) is 25.7 Å². The maximum atomic E-state index is 13.0. The Bertz CT molecular complexity index is 1840. The van der Waals surface area contributed by atoms with Crippen LogP contribution < -0.4 is 0 Å². The largest absolute Gasteiger partial charge is 0.472 e. The van der Waals surface area contributed by atoms with Crippen LogP contribution in [0.2, 0.25) is 0 Å². The van der Waals surface area contributed by atoms with Gasteiger partial charge in [-0.3, -0.25) is 37.3 Å². The molecule has 3 unspecified atom stereocenters. The van der Waals surface area contributed by atoms with E-state index < -0.39 is 97.5 Å². The first kappa shape index (κ1) is 91.1. The van der Waals surface area contributed by atoms with E-state index in [1.165, 1.54) is 161 Å². The number of phosphoric acid groups is 2. The lowest BCUT2D eigenvalue weighted by Crippen LogP contribution is -2.30. The normalized spacial score (nSPS) is 14.5. The van der Waals surface area contributed by atoms with Gasteiger partial charge in [0, 0.05) is 25.7 Å². The summed E-state index contributed by atoms with van der Waals surface area (Å²) in [5.74, 6) is 0.872. The molecule has 0 aromatic rings. The highest BCUT2D eigenvalue weighted by Gasteiger charge is 2.30. The van der Waals surface area contributed by atoms with Crippen molar-refractivity contribution in [3.05, 3.63) is 0 Å². The van der Waals surface area contributed by atoms with E-state index in [0.717, 1.165) is 115 Å². The number of esters is 4. The fraction of sp³-hybridized carbons (Fsp3) is 0.946. The minimum atomic E-state index is -4.95. The zero-order valence-corrected chi connectivity index (χ0v) is 62.7. The predicted molar refractivity (Wildman–Crippen MR) is 377 cm³/mol. The molecule has 0 amide bonds. The van der Waals surface area contributed by atoms with Gasteiger partial charge in [0.15, 0.2) is 12.2 Å². The second kappa shape index (κ2) is 63.5. The molecule has 0 spiro atoms. The van der Waals surface area contributed by atoms with E-state index in [9.17, 15) is 43.2 Å². The molecule has 552 valence electrons. The van der Waals surface area contributed by atoms with Crippen molar-refractivity contribution in [3.8, 4) is 0 Å². The van der Waals surface area contributed by atoms with E-state index in [2.05, 4.69) is 55.4 Å². The van der Waals surface area contributed by atoms with Crippen LogP contribution in [-0.2, 0) is 65.4 Å². The monoisotopic (exact) mass is 1370 g/mol. The molecule has 0 saturated carbocycles. The summed E-state index contributed by atoms with van der Waals surface area (Å²) in [6.45, 7) is 14.1. The molecule has 0 fully saturated rings. The molecule has 19 heteroatoms. The molecule has 0 aliphatic rings. The van der Waals surface area contributed by atoms with Gasteiger partial charge in [-0.25, -0.2) is 9.13 Å². The van der Waals surface area contributed by atoms with Crippen LogP contribution in [0.5, 0.6) is 0 Å². The minimum absolute atomic E-state index is 0.106. The number of carbonyl (C=O) groups excluding carboxylic acids is 4. The quantitative estimate of drug-likeness (QED) is 0.0222. The first-order valence-electron chi connectivity index (χ1n) is 38.2. The van der Waals surface area contributed by atoms with Crippen molar-refractivity contribution in [2.45, 2.75) is 388 Å². The smallest absolute Gasteiger partial charge is 0.462 e. The van der Waals surface area contributed by atoms with E-state index in [4.69, 9.17) is 37.0 Å². The fourth-order valence-corrected chi connectivity index (χ4v) is 12.7. The van der Waals surface area contributed by atoms with E-state index in [1.54, 1.807) is 0 Å². The standard InChI is InChI=1S/C74H144O17P2/c1-9-67(8)53-45-37-27-23-19-15-11-13-17-21-25-29-41-49-57-74(79)91-70(61-85-72(77)55-47-39-33-31-36-44-52-66(6)7)63-89-93(82,83)87-59-68(75)58-86-92(80,81)88-62-69(60-84-71(76)54-46-38-32-30-35-43-51-65(4)5)90-73(78)56-48-40-28-24-20-16-12-10-14-18-22-26-34-42-50-64(2)3/h64-70,75H,9-63H2,1-8H3,(H,80,81)(H,82,83)/t67?,68-,69-,70-/m1/s1. The van der Waals surface area contributed by atoms with Gasteiger partial charge in [0.1, 0.15) is 19.3 Å². The van der Waals surface area contributed by atoms with Crippen LogP contribution in [0.3, 0.4) is 0 Å². The third-order valence-electron chi connectivity index (χ3n) is 17.4. The molecule has 0 aromatic heterocycles. The molecule has 0 aliphatic carbocycles. The molecular weight excluding hydrogens is 1220 g/mol. The van der Waals surface area contributed by atoms with E-state index in [0.29, 0.717) is 37.5 Å². The minimum Gasteiger partial charge on any atom is -0.462 e. The molecule has 0 aromatic carbocycles. The first-order chi connectivity index (χ1) is 44.6. The summed E-state index contributed by atoms with van der Waals surface area (Å²) in [7, 11) is -9.91. The van der Waals surface area contributed by atoms with Gasteiger partial charge in [-0.2, -0.15) is 0 Å². The molecule has 0 saturated heterocycles. The second-order valence-electron chi connectivity index (χ2n) is 28.4. The molecule has 0 heterocycles. The lowest BCUT2D eigenvalue weighted by Gasteiger charge is -2.21. The van der Waals surface area contributed by atoms with Gasteiger partial charge in [-0.1, -0.05) is 319 Å². The third-order valence-corrected chi connectivity index (χ3v) is 19.3. The van der Waals surface area contributed by atoms with Gasteiger partial charge >= 0.3 is 39.5 Å². The molecule has 93 heavy (non-hydrogen) atoms. The highest BCUT2D eigenvalue weighted by molar-refractivity contribution is 7.47. The summed E-state index contributed by atoms with van der Waals surface area (Å²) in [4.78, 5) is 72.6. The fourth-order valence-electron chi connectivity index (χ4n) is 11.2. The van der Waals surface area contributed by atoms with Crippen molar-refractivity contribution in [1.29, 1.82) is 0 Å². The van der Waals surface area contributed by atoms with E-state index in [1.807, 2.05) is 0 Å². The Kier molecular flexibility index (Phi) is 62.2. The summed E-state index contributed by atoms with van der Waals surface area (Å²) < 4.78 is 68.4. The highest BCUT2D eigenvalue weighted by Crippen LogP contribution is 2.45. The number of aliphatic hydroxyl groups is 1. The topological polar surface area (TPSA) is 237 Å². The summed E-state index contributed by atoms with van der Waals surface area (Å²) in [5.41, 5.74) is 0. The molecule has 17 nitrogen and oxygen atoms in total. The second-order valence-corrected chi connectivity index (χ2v) is 31.3. The number of hydrogen-bond donors (Lipinski definition) is 3. The average molecular weight is 1370 g/mol. The molecule has 0 aliphatic heterocycles. The van der Waals surface area contributed by atoms with Gasteiger partial charge in [-0.05, 0) is 49.4 Å². The third kappa shape index (κ3) is 67.0. The number of phosphoric ester groups is 2. The summed E-state index contributed by atoms with van der Waals surface area (Å²) in [6, 6.07) is 0. The molecule has 3 N–H and O–H groups in total. The van der Waals surface area contributed by atoms with Crippen molar-refractivity contribution >= 4 is 39.5 Å². The van der Waals surface area contributed by atoms with Crippen molar-refractivity contribution in [1.82, 2.24) is 0 Å². The molecule has 0 bridgehead atoms. The first-order valence-corrected chi connectivity index (χ1v) is 41.2. The van der Waals surface area contributed by atoms with Gasteiger partial charge in [0.2, 0.25) is 0 Å². The summed E-state index contributed by atoms with van der Waals surface area (Å²) in [6.07, 6.45) is 47.5. The van der Waals surface area contributed by atoms with Crippen LogP contribution in [0.1, 0.15) is 370 Å². The SMILES string of the molecule is CCC(C)CCCCCCCCCCCCCCCCC(=O)O[C@H](COC(=O)CCCCCCCCC(C)C)COP(=O)(O)OC[C@H](O)COP(=O)(O)OC[C@@H](COC(=O)CCCCCCCCC(C)C)OC(=O)CCCCCCCCCCCCCCCCC(C)C. The molecule has 6 atom stereocenters. The van der Waals surface area contributed by atoms with Crippen LogP contribution in [0.25, 0.3) is 0 Å². The van der Waals surface area contributed by atoms with Gasteiger partial charge in [0.05, 0.1) is 26.4 Å². The van der Waals surface area contributed by atoms with Crippen LogP contribution in [0.15, 0.2) is 0 Å². The lowest BCUT2D eigenvalue weighted by atomic mass is 9.99. The number of rotatable bonds is 71. The Hall–Kier alpha value is -1.94. The van der Waals surface area contributed by atoms with Gasteiger partial charge in [0.25, 0.3) is 0 Å². The number of carbonyl (C=O) groups is 4. The van der Waals surface area contributed by atoms with Crippen molar-refractivity contribution in [3.63, 3.8) is 0 Å². The van der Waals surface area contributed by atoms with E-state index >= 15 is 0 Å². The average Bonchev–Trinajstić information content (AvgIpc) is 2.78. The Morgan fingerprint density at radius 3 is 0.763 bits per heavy atom.